The maximum atomic E-state index is 6.30. The fourth-order valence-electron chi connectivity index (χ4n) is 6.98. The van der Waals surface area contributed by atoms with Crippen LogP contribution >= 0.6 is 0 Å². The summed E-state index contributed by atoms with van der Waals surface area (Å²) in [4.78, 5) is 19.1. The van der Waals surface area contributed by atoms with Gasteiger partial charge >= 0.3 is 0 Å². The highest BCUT2D eigenvalue weighted by Crippen LogP contribution is 2.37. The van der Waals surface area contributed by atoms with E-state index in [2.05, 4.69) is 131 Å². The molecule has 0 aliphatic carbocycles. The highest BCUT2D eigenvalue weighted by atomic mass is 16.3. The first-order valence-electron chi connectivity index (χ1n) is 16.9. The largest absolute Gasteiger partial charge is 0.455 e. The monoisotopic (exact) mass is 652 g/mol. The Balaban J connectivity index is 0.964. The minimum absolute atomic E-state index is 0.889. The van der Waals surface area contributed by atoms with Crippen molar-refractivity contribution >= 4 is 43.7 Å². The molecule has 51 heavy (non-hydrogen) atoms. The zero-order valence-corrected chi connectivity index (χ0v) is 27.4. The molecule has 5 aromatic heterocycles. The van der Waals surface area contributed by atoms with Crippen LogP contribution in [0, 0.1) is 0 Å². The van der Waals surface area contributed by atoms with E-state index in [1.807, 2.05) is 36.5 Å². The number of hydrogen-bond acceptors (Lipinski definition) is 5. The van der Waals surface area contributed by atoms with Crippen molar-refractivity contribution in [3.05, 3.63) is 170 Å². The van der Waals surface area contributed by atoms with E-state index < -0.39 is 0 Å². The van der Waals surface area contributed by atoms with Crippen LogP contribution in [0.1, 0.15) is 0 Å². The Hall–Kier alpha value is -6.98. The van der Waals surface area contributed by atoms with Crippen LogP contribution in [0.4, 0.5) is 0 Å². The van der Waals surface area contributed by atoms with Gasteiger partial charge in [0, 0.05) is 68.0 Å². The summed E-state index contributed by atoms with van der Waals surface area (Å²) in [7, 11) is 0. The molecular formula is C46H28N4O. The molecule has 0 aliphatic rings. The second-order valence-corrected chi connectivity index (χ2v) is 12.7. The second kappa shape index (κ2) is 11.9. The zero-order valence-electron chi connectivity index (χ0n) is 27.4. The Kier molecular flexibility index (Phi) is 6.74. The first kappa shape index (κ1) is 29.0. The number of nitrogens with zero attached hydrogens (tertiary/aromatic N) is 4. The van der Waals surface area contributed by atoms with E-state index in [9.17, 15) is 0 Å². The summed E-state index contributed by atoms with van der Waals surface area (Å²) >= 11 is 0. The van der Waals surface area contributed by atoms with E-state index >= 15 is 0 Å². The van der Waals surface area contributed by atoms with Gasteiger partial charge in [-0.2, -0.15) is 0 Å². The molecule has 10 aromatic rings. The average molecular weight is 653 g/mol. The molecule has 5 heteroatoms. The standard InChI is InChI=1S/C46H28N4O/c1-2-7-43-38(4-1)39-6-3-5-37(46(39)51-43)30-10-14-32(15-11-30)42-23-19-35-17-16-34-18-22-41(49-44(34)45(35)50-42)31-12-8-29(9-13-31)36-20-21-40(48-28-36)33-24-26-47-27-25-33/h1-28H. The molecule has 0 radical (unpaired) electrons. The molecular weight excluding hydrogens is 625 g/mol. The lowest BCUT2D eigenvalue weighted by atomic mass is 10.00. The Morgan fingerprint density at radius 2 is 0.941 bits per heavy atom. The lowest BCUT2D eigenvalue weighted by Gasteiger charge is -2.09. The second-order valence-electron chi connectivity index (χ2n) is 12.7. The molecule has 238 valence electrons. The Bertz CT molecular complexity index is 2880. The molecule has 0 fully saturated rings. The molecule has 0 saturated heterocycles. The summed E-state index contributed by atoms with van der Waals surface area (Å²) in [6.07, 6.45) is 5.49. The summed E-state index contributed by atoms with van der Waals surface area (Å²) in [6, 6.07) is 52.4. The van der Waals surface area contributed by atoms with Crippen LogP contribution in [0.3, 0.4) is 0 Å². The van der Waals surface area contributed by atoms with Crippen molar-refractivity contribution < 1.29 is 4.42 Å². The van der Waals surface area contributed by atoms with Gasteiger partial charge in [0.05, 0.1) is 28.1 Å². The van der Waals surface area contributed by atoms with E-state index in [4.69, 9.17) is 14.4 Å². The lowest BCUT2D eigenvalue weighted by molar-refractivity contribution is 0.670. The molecule has 10 rings (SSSR count). The maximum absolute atomic E-state index is 6.30. The number of fused-ring (bicyclic) bond motifs is 6. The molecule has 0 aliphatic heterocycles. The molecule has 5 heterocycles. The molecule has 0 atom stereocenters. The Morgan fingerprint density at radius 3 is 1.61 bits per heavy atom. The van der Waals surface area contributed by atoms with Gasteiger partial charge in [0.15, 0.2) is 0 Å². The van der Waals surface area contributed by atoms with E-state index in [1.165, 1.54) is 0 Å². The number of benzene rings is 5. The lowest BCUT2D eigenvalue weighted by Crippen LogP contribution is -1.91. The predicted molar refractivity (Wildman–Crippen MR) is 207 cm³/mol. The number of aromatic nitrogens is 4. The van der Waals surface area contributed by atoms with E-state index in [-0.39, 0.29) is 0 Å². The number of hydrogen-bond donors (Lipinski definition) is 0. The molecule has 0 unspecified atom stereocenters. The van der Waals surface area contributed by atoms with Crippen molar-refractivity contribution in [1.29, 1.82) is 0 Å². The van der Waals surface area contributed by atoms with Gasteiger partial charge in [-0.05, 0) is 47.5 Å². The normalized spacial score (nSPS) is 11.5. The van der Waals surface area contributed by atoms with Crippen molar-refractivity contribution in [3.8, 4) is 56.0 Å². The highest BCUT2D eigenvalue weighted by Gasteiger charge is 2.13. The predicted octanol–water partition coefficient (Wildman–Crippen LogP) is 11.8. The molecule has 0 bridgehead atoms. The van der Waals surface area contributed by atoms with Crippen molar-refractivity contribution in [2.45, 2.75) is 0 Å². The van der Waals surface area contributed by atoms with Gasteiger partial charge in [-0.1, -0.05) is 115 Å². The molecule has 5 aromatic carbocycles. The Morgan fingerprint density at radius 1 is 0.392 bits per heavy atom. The average Bonchev–Trinajstić information content (AvgIpc) is 3.60. The smallest absolute Gasteiger partial charge is 0.143 e. The van der Waals surface area contributed by atoms with Crippen LogP contribution in [-0.2, 0) is 0 Å². The zero-order chi connectivity index (χ0) is 33.7. The van der Waals surface area contributed by atoms with Crippen LogP contribution in [0.2, 0.25) is 0 Å². The topological polar surface area (TPSA) is 64.7 Å². The van der Waals surface area contributed by atoms with Gasteiger partial charge in [-0.3, -0.25) is 9.97 Å². The van der Waals surface area contributed by atoms with Crippen LogP contribution in [0.25, 0.3) is 99.8 Å². The first-order valence-corrected chi connectivity index (χ1v) is 16.9. The quantitative estimate of drug-likeness (QED) is 0.173. The van der Waals surface area contributed by atoms with Gasteiger partial charge < -0.3 is 4.42 Å². The number of furan rings is 1. The van der Waals surface area contributed by atoms with Crippen LogP contribution in [0.15, 0.2) is 175 Å². The van der Waals surface area contributed by atoms with Crippen molar-refractivity contribution in [2.75, 3.05) is 0 Å². The van der Waals surface area contributed by atoms with Crippen LogP contribution in [-0.4, -0.2) is 19.9 Å². The first-order chi connectivity index (χ1) is 25.2. The van der Waals surface area contributed by atoms with Gasteiger partial charge in [0.2, 0.25) is 0 Å². The summed E-state index contributed by atoms with van der Waals surface area (Å²) in [6.45, 7) is 0. The molecule has 0 spiro atoms. The van der Waals surface area contributed by atoms with Gasteiger partial charge in [0.25, 0.3) is 0 Å². The SMILES string of the molecule is c1ccc2c(c1)oc1c(-c3ccc(-c4ccc5ccc6ccc(-c7ccc(-c8ccc(-c9ccncc9)nc8)cc7)nc6c5n4)cc3)cccc12. The summed E-state index contributed by atoms with van der Waals surface area (Å²) in [5, 5.41) is 4.38. The highest BCUT2D eigenvalue weighted by molar-refractivity contribution is 6.09. The van der Waals surface area contributed by atoms with Gasteiger partial charge in [-0.15, -0.1) is 0 Å². The van der Waals surface area contributed by atoms with Gasteiger partial charge in [-0.25, -0.2) is 9.97 Å². The number of pyridine rings is 4. The third-order valence-electron chi connectivity index (χ3n) is 9.67. The fraction of sp³-hybridized carbons (Fsp3) is 0. The summed E-state index contributed by atoms with van der Waals surface area (Å²) < 4.78 is 6.30. The minimum atomic E-state index is 0.889. The van der Waals surface area contributed by atoms with E-state index in [1.54, 1.807) is 12.4 Å². The molecule has 0 N–H and O–H groups in total. The van der Waals surface area contributed by atoms with Crippen molar-refractivity contribution in [2.24, 2.45) is 0 Å². The summed E-state index contributed by atoms with van der Waals surface area (Å²) in [5.74, 6) is 0. The Labute approximate surface area is 293 Å². The minimum Gasteiger partial charge on any atom is -0.455 e. The van der Waals surface area contributed by atoms with Crippen LogP contribution in [0.5, 0.6) is 0 Å². The maximum Gasteiger partial charge on any atom is 0.143 e. The molecule has 0 saturated carbocycles. The van der Waals surface area contributed by atoms with E-state index in [0.717, 1.165) is 99.8 Å². The van der Waals surface area contributed by atoms with Crippen LogP contribution < -0.4 is 0 Å². The molecule has 5 nitrogen and oxygen atoms in total. The summed E-state index contributed by atoms with van der Waals surface area (Å²) in [5.41, 5.74) is 13.8. The van der Waals surface area contributed by atoms with E-state index in [0.29, 0.717) is 0 Å². The molecule has 0 amide bonds. The van der Waals surface area contributed by atoms with Crippen molar-refractivity contribution in [1.82, 2.24) is 19.9 Å². The van der Waals surface area contributed by atoms with Crippen molar-refractivity contribution in [3.63, 3.8) is 0 Å². The fourth-order valence-corrected chi connectivity index (χ4v) is 6.98. The third-order valence-corrected chi connectivity index (χ3v) is 9.67. The third kappa shape index (κ3) is 5.11. The number of rotatable bonds is 5. The van der Waals surface area contributed by atoms with Gasteiger partial charge in [0.1, 0.15) is 11.2 Å². The number of para-hydroxylation sites is 2.